The van der Waals surface area contributed by atoms with E-state index in [9.17, 15) is 4.79 Å². The highest BCUT2D eigenvalue weighted by molar-refractivity contribution is 5.81. The van der Waals surface area contributed by atoms with E-state index in [0.29, 0.717) is 13.0 Å². The predicted molar refractivity (Wildman–Crippen MR) is 46.1 cm³/mol. The molecule has 0 fully saturated rings. The molecule has 0 saturated carbocycles. The average molecular weight is 169 g/mol. The minimum absolute atomic E-state index is 0.155. The van der Waals surface area contributed by atoms with Gasteiger partial charge in [0.15, 0.2) is 0 Å². The Kier molecular flexibility index (Phi) is 5.06. The molecule has 3 N–H and O–H groups in total. The highest BCUT2D eigenvalue weighted by atomic mass is 16.2. The van der Waals surface area contributed by atoms with Crippen LogP contribution in [0.25, 0.3) is 0 Å². The lowest BCUT2D eigenvalue weighted by Crippen LogP contribution is -2.41. The molecule has 4 nitrogen and oxygen atoms in total. The van der Waals surface area contributed by atoms with Crippen LogP contribution in [0, 0.1) is 17.2 Å². The van der Waals surface area contributed by atoms with Crippen LogP contribution in [0.5, 0.6) is 0 Å². The molecular formula is C8H15N3O. The van der Waals surface area contributed by atoms with Crippen LogP contribution in [-0.2, 0) is 4.79 Å². The van der Waals surface area contributed by atoms with Gasteiger partial charge in [0.1, 0.15) is 0 Å². The van der Waals surface area contributed by atoms with E-state index in [1.54, 1.807) is 6.92 Å². The number of hydrogen-bond acceptors (Lipinski definition) is 3. The summed E-state index contributed by atoms with van der Waals surface area (Å²) in [5.41, 5.74) is 5.45. The van der Waals surface area contributed by atoms with Crippen molar-refractivity contribution in [1.82, 2.24) is 5.32 Å². The first-order chi connectivity index (χ1) is 5.61. The van der Waals surface area contributed by atoms with E-state index < -0.39 is 6.04 Å². The van der Waals surface area contributed by atoms with Crippen molar-refractivity contribution >= 4 is 5.91 Å². The molecule has 0 spiro atoms. The highest BCUT2D eigenvalue weighted by Crippen LogP contribution is 1.90. The molecular weight excluding hydrogens is 154 g/mol. The summed E-state index contributed by atoms with van der Waals surface area (Å²) in [5.74, 6) is -0.336. The molecule has 0 heterocycles. The quantitative estimate of drug-likeness (QED) is 0.621. The van der Waals surface area contributed by atoms with E-state index in [1.807, 2.05) is 13.0 Å². The van der Waals surface area contributed by atoms with Gasteiger partial charge in [-0.3, -0.25) is 4.79 Å². The number of hydrogen-bond donors (Lipinski definition) is 2. The maximum absolute atomic E-state index is 11.0. The van der Waals surface area contributed by atoms with Gasteiger partial charge < -0.3 is 11.1 Å². The van der Waals surface area contributed by atoms with Crippen LogP contribution < -0.4 is 11.1 Å². The summed E-state index contributed by atoms with van der Waals surface area (Å²) in [6.45, 7) is 3.97. The van der Waals surface area contributed by atoms with Crippen LogP contribution in [0.1, 0.15) is 20.3 Å². The van der Waals surface area contributed by atoms with Gasteiger partial charge in [-0.1, -0.05) is 6.92 Å². The monoisotopic (exact) mass is 169 g/mol. The highest BCUT2D eigenvalue weighted by Gasteiger charge is 2.10. The Balaban J connectivity index is 3.65. The topological polar surface area (TPSA) is 78.9 Å². The molecule has 1 amide bonds. The standard InChI is InChI=1S/C8H15N3O/c1-3-7(10)8(12)11-5-6(2)4-9/h6-7H,3,5,10H2,1-2H3,(H,11,12). The van der Waals surface area contributed by atoms with Gasteiger partial charge in [0.25, 0.3) is 0 Å². The van der Waals surface area contributed by atoms with Gasteiger partial charge >= 0.3 is 0 Å². The Morgan fingerprint density at radius 1 is 1.75 bits per heavy atom. The molecule has 0 aliphatic heterocycles. The first-order valence-electron chi connectivity index (χ1n) is 4.04. The molecule has 0 aromatic rings. The molecule has 0 radical (unpaired) electrons. The van der Waals surface area contributed by atoms with Crippen molar-refractivity contribution in [3.8, 4) is 6.07 Å². The van der Waals surface area contributed by atoms with Crippen molar-refractivity contribution in [2.24, 2.45) is 11.7 Å². The zero-order valence-electron chi connectivity index (χ0n) is 7.50. The minimum atomic E-state index is -0.448. The Labute approximate surface area is 72.7 Å². The fourth-order valence-electron chi connectivity index (χ4n) is 0.616. The largest absolute Gasteiger partial charge is 0.353 e. The van der Waals surface area contributed by atoms with Crippen LogP contribution in [0.15, 0.2) is 0 Å². The lowest BCUT2D eigenvalue weighted by atomic mass is 10.2. The number of amides is 1. The average Bonchev–Trinajstić information content (AvgIpc) is 2.11. The van der Waals surface area contributed by atoms with Crippen molar-refractivity contribution in [3.05, 3.63) is 0 Å². The van der Waals surface area contributed by atoms with Crippen molar-refractivity contribution in [2.45, 2.75) is 26.3 Å². The lowest BCUT2D eigenvalue weighted by Gasteiger charge is -2.10. The Hall–Kier alpha value is -1.08. The minimum Gasteiger partial charge on any atom is -0.353 e. The molecule has 0 aliphatic rings. The fourth-order valence-corrected chi connectivity index (χ4v) is 0.616. The first kappa shape index (κ1) is 10.9. The predicted octanol–water partition coefficient (Wildman–Crippen LogP) is -0.000420. The fraction of sp³-hybridized carbons (Fsp3) is 0.750. The van der Waals surface area contributed by atoms with Gasteiger partial charge in [0.2, 0.25) is 5.91 Å². The third kappa shape index (κ3) is 3.94. The molecule has 2 atom stereocenters. The third-order valence-electron chi connectivity index (χ3n) is 1.58. The van der Waals surface area contributed by atoms with Crippen LogP contribution in [0.2, 0.25) is 0 Å². The maximum atomic E-state index is 11.0. The summed E-state index contributed by atoms with van der Waals surface area (Å²) < 4.78 is 0. The SMILES string of the molecule is CCC(N)C(=O)NCC(C)C#N. The molecule has 0 aromatic carbocycles. The molecule has 0 bridgehead atoms. The molecule has 0 aromatic heterocycles. The molecule has 0 rings (SSSR count). The molecule has 4 heteroatoms. The Morgan fingerprint density at radius 3 is 2.75 bits per heavy atom. The first-order valence-corrected chi connectivity index (χ1v) is 4.04. The molecule has 68 valence electrons. The zero-order valence-corrected chi connectivity index (χ0v) is 7.50. The van der Waals surface area contributed by atoms with Gasteiger partial charge in [0, 0.05) is 6.54 Å². The van der Waals surface area contributed by atoms with Gasteiger partial charge in [-0.15, -0.1) is 0 Å². The molecule has 0 aliphatic carbocycles. The number of nitriles is 1. The second kappa shape index (κ2) is 5.56. The summed E-state index contributed by atoms with van der Waals surface area (Å²) in [4.78, 5) is 11.0. The summed E-state index contributed by atoms with van der Waals surface area (Å²) in [6.07, 6.45) is 0.618. The van der Waals surface area contributed by atoms with Crippen LogP contribution in [0.4, 0.5) is 0 Å². The van der Waals surface area contributed by atoms with E-state index in [4.69, 9.17) is 11.0 Å². The number of rotatable bonds is 4. The van der Waals surface area contributed by atoms with Crippen LogP contribution in [0.3, 0.4) is 0 Å². The Morgan fingerprint density at radius 2 is 2.33 bits per heavy atom. The maximum Gasteiger partial charge on any atom is 0.236 e. The molecule has 0 saturated heterocycles. The second-order valence-electron chi connectivity index (χ2n) is 2.79. The zero-order chi connectivity index (χ0) is 9.56. The van der Waals surface area contributed by atoms with Crippen molar-refractivity contribution < 1.29 is 4.79 Å². The number of nitrogens with two attached hydrogens (primary N) is 1. The van der Waals surface area contributed by atoms with Gasteiger partial charge in [0.05, 0.1) is 18.0 Å². The summed E-state index contributed by atoms with van der Waals surface area (Å²) >= 11 is 0. The van der Waals surface area contributed by atoms with E-state index in [1.165, 1.54) is 0 Å². The van der Waals surface area contributed by atoms with E-state index >= 15 is 0 Å². The van der Waals surface area contributed by atoms with E-state index in [-0.39, 0.29) is 11.8 Å². The van der Waals surface area contributed by atoms with Crippen molar-refractivity contribution in [2.75, 3.05) is 6.54 Å². The third-order valence-corrected chi connectivity index (χ3v) is 1.58. The number of nitrogens with zero attached hydrogens (tertiary/aromatic N) is 1. The summed E-state index contributed by atoms with van der Waals surface area (Å²) in [6, 6.07) is 1.57. The van der Waals surface area contributed by atoms with Gasteiger partial charge in [-0.05, 0) is 13.3 Å². The normalized spacial score (nSPS) is 14.5. The van der Waals surface area contributed by atoms with Gasteiger partial charge in [-0.25, -0.2) is 0 Å². The van der Waals surface area contributed by atoms with E-state index in [0.717, 1.165) is 0 Å². The van der Waals surface area contributed by atoms with E-state index in [2.05, 4.69) is 5.32 Å². The molecule has 2 unspecified atom stereocenters. The van der Waals surface area contributed by atoms with Crippen molar-refractivity contribution in [3.63, 3.8) is 0 Å². The van der Waals surface area contributed by atoms with Crippen LogP contribution >= 0.6 is 0 Å². The number of carbonyl (C=O) groups is 1. The number of nitrogens with one attached hydrogen (secondary N) is 1. The summed E-state index contributed by atoms with van der Waals surface area (Å²) in [7, 11) is 0. The number of carbonyl (C=O) groups excluding carboxylic acids is 1. The van der Waals surface area contributed by atoms with Gasteiger partial charge in [-0.2, -0.15) is 5.26 Å². The Bertz CT molecular complexity index is 185. The van der Waals surface area contributed by atoms with Crippen LogP contribution in [-0.4, -0.2) is 18.5 Å². The summed E-state index contributed by atoms with van der Waals surface area (Å²) in [5, 5.41) is 11.0. The second-order valence-corrected chi connectivity index (χ2v) is 2.79. The van der Waals surface area contributed by atoms with Crippen molar-refractivity contribution in [1.29, 1.82) is 5.26 Å². The smallest absolute Gasteiger partial charge is 0.236 e. The lowest BCUT2D eigenvalue weighted by molar-refractivity contribution is -0.122. The molecule has 12 heavy (non-hydrogen) atoms.